The van der Waals surface area contributed by atoms with E-state index in [1.807, 2.05) is 42.0 Å². The van der Waals surface area contributed by atoms with Gasteiger partial charge in [0.15, 0.2) is 0 Å². The molecule has 0 bridgehead atoms. The molecule has 2 saturated carbocycles. The quantitative estimate of drug-likeness (QED) is 0.319. The lowest BCUT2D eigenvalue weighted by Gasteiger charge is -2.29. The monoisotopic (exact) mass is 496 g/mol. The van der Waals surface area contributed by atoms with Crippen LogP contribution in [0.1, 0.15) is 56.9 Å². The van der Waals surface area contributed by atoms with Crippen molar-refractivity contribution in [1.29, 1.82) is 0 Å². The highest BCUT2D eigenvalue weighted by Crippen LogP contribution is 2.35. The summed E-state index contributed by atoms with van der Waals surface area (Å²) >= 11 is 0. The van der Waals surface area contributed by atoms with Gasteiger partial charge < -0.3 is 10.6 Å². The van der Waals surface area contributed by atoms with Crippen LogP contribution in [0.3, 0.4) is 0 Å². The van der Waals surface area contributed by atoms with E-state index in [2.05, 4.69) is 30.6 Å². The van der Waals surface area contributed by atoms with Crippen molar-refractivity contribution < 1.29 is 4.79 Å². The van der Waals surface area contributed by atoms with Gasteiger partial charge in [-0.3, -0.25) is 9.20 Å². The Morgan fingerprint density at radius 1 is 0.919 bits per heavy atom. The first-order valence-electron chi connectivity index (χ1n) is 13.2. The number of hydrogen-bond acceptors (Lipinski definition) is 8. The number of aromatic nitrogens is 6. The summed E-state index contributed by atoms with van der Waals surface area (Å²) in [6, 6.07) is 4.28. The van der Waals surface area contributed by atoms with Crippen LogP contribution in [0.4, 0.5) is 17.3 Å². The highest BCUT2D eigenvalue weighted by Gasteiger charge is 2.28. The number of imidazole rings is 1. The first-order chi connectivity index (χ1) is 18.1. The number of aryl methyl sites for hydroxylation is 1. The Morgan fingerprint density at radius 3 is 2.38 bits per heavy atom. The number of carbonyl (C=O) groups excluding carboxylic acids is 1. The zero-order chi connectivity index (χ0) is 25.2. The SMILES string of the molecule is Cc1cnc(NC2CCC(CC(=O)CC3CC3)CC2)nc1-c1cnc2ccc(Nc3cncnc3)cn12. The predicted molar refractivity (Wildman–Crippen MR) is 143 cm³/mol. The summed E-state index contributed by atoms with van der Waals surface area (Å²) in [6.45, 7) is 2.02. The molecule has 2 N–H and O–H groups in total. The van der Waals surface area contributed by atoms with Crippen molar-refractivity contribution in [1.82, 2.24) is 29.3 Å². The van der Waals surface area contributed by atoms with Gasteiger partial charge in [-0.2, -0.15) is 0 Å². The summed E-state index contributed by atoms with van der Waals surface area (Å²) in [5, 5.41) is 6.89. The number of hydrogen-bond donors (Lipinski definition) is 2. The molecule has 4 aromatic heterocycles. The second kappa shape index (κ2) is 10.2. The average Bonchev–Trinajstić information content (AvgIpc) is 3.62. The number of anilines is 3. The Balaban J connectivity index is 1.14. The number of carbonyl (C=O) groups is 1. The fraction of sp³-hybridized carbons (Fsp3) is 0.429. The van der Waals surface area contributed by atoms with Gasteiger partial charge in [0.2, 0.25) is 5.95 Å². The van der Waals surface area contributed by atoms with Gasteiger partial charge in [-0.15, -0.1) is 0 Å². The number of Topliss-reactive ketones (excluding diaryl/α,β-unsaturated/α-hetero) is 1. The van der Waals surface area contributed by atoms with Crippen LogP contribution in [0.25, 0.3) is 17.0 Å². The molecule has 0 aromatic carbocycles. The molecule has 190 valence electrons. The second-order valence-corrected chi connectivity index (χ2v) is 10.5. The number of rotatable bonds is 9. The number of ketones is 1. The van der Waals surface area contributed by atoms with E-state index in [4.69, 9.17) is 4.98 Å². The lowest BCUT2D eigenvalue weighted by Crippen LogP contribution is -2.28. The highest BCUT2D eigenvalue weighted by atomic mass is 16.1. The summed E-state index contributed by atoms with van der Waals surface area (Å²) in [6.07, 6.45) is 19.0. The molecule has 2 aliphatic rings. The van der Waals surface area contributed by atoms with E-state index >= 15 is 0 Å². The lowest BCUT2D eigenvalue weighted by atomic mass is 9.82. The largest absolute Gasteiger partial charge is 0.352 e. The van der Waals surface area contributed by atoms with Crippen molar-refractivity contribution in [3.8, 4) is 11.4 Å². The van der Waals surface area contributed by atoms with Gasteiger partial charge in [-0.05, 0) is 75.0 Å². The van der Waals surface area contributed by atoms with Gasteiger partial charge in [0.25, 0.3) is 0 Å². The molecule has 0 unspecified atom stereocenters. The van der Waals surface area contributed by atoms with Crippen LogP contribution in [0.5, 0.6) is 0 Å². The molecule has 0 radical (unpaired) electrons. The van der Waals surface area contributed by atoms with Crippen molar-refractivity contribution in [2.75, 3.05) is 10.6 Å². The van der Waals surface area contributed by atoms with Gasteiger partial charge in [0.1, 0.15) is 17.8 Å². The minimum absolute atomic E-state index is 0.330. The van der Waals surface area contributed by atoms with Gasteiger partial charge in [-0.1, -0.05) is 0 Å². The van der Waals surface area contributed by atoms with E-state index in [1.165, 1.54) is 19.2 Å². The van der Waals surface area contributed by atoms with Crippen LogP contribution >= 0.6 is 0 Å². The first-order valence-corrected chi connectivity index (χ1v) is 13.2. The molecular weight excluding hydrogens is 464 g/mol. The maximum atomic E-state index is 12.3. The van der Waals surface area contributed by atoms with Crippen LogP contribution in [0.15, 0.2) is 49.4 Å². The summed E-state index contributed by atoms with van der Waals surface area (Å²) in [4.78, 5) is 34.5. The van der Waals surface area contributed by atoms with E-state index in [9.17, 15) is 4.79 Å². The standard InChI is InChI=1S/C28H32N8O/c1-18-12-32-28(34-21-6-4-20(5-7-21)11-24(37)10-19-2-3-19)35-27(18)25-15-31-26-9-8-22(16-36(25)26)33-23-13-29-17-30-14-23/h8-9,12-17,19-21,33H,2-7,10-11H2,1H3,(H,32,34,35). The van der Waals surface area contributed by atoms with Gasteiger partial charge in [0, 0.05) is 31.3 Å². The smallest absolute Gasteiger partial charge is 0.223 e. The van der Waals surface area contributed by atoms with Crippen LogP contribution < -0.4 is 10.6 Å². The predicted octanol–water partition coefficient (Wildman–Crippen LogP) is 5.36. The molecule has 0 aliphatic heterocycles. The Morgan fingerprint density at radius 2 is 1.65 bits per heavy atom. The van der Waals surface area contributed by atoms with Gasteiger partial charge >= 0.3 is 0 Å². The van der Waals surface area contributed by atoms with E-state index in [0.29, 0.717) is 29.6 Å². The molecule has 2 aliphatic carbocycles. The number of nitrogens with one attached hydrogen (secondary N) is 2. The van der Waals surface area contributed by atoms with Gasteiger partial charge in [-0.25, -0.2) is 24.9 Å². The normalized spacial score (nSPS) is 19.6. The molecule has 4 aromatic rings. The molecule has 2 fully saturated rings. The van der Waals surface area contributed by atoms with E-state index in [0.717, 1.165) is 72.5 Å². The fourth-order valence-corrected chi connectivity index (χ4v) is 5.27. The second-order valence-electron chi connectivity index (χ2n) is 10.5. The number of pyridine rings is 1. The fourth-order valence-electron chi connectivity index (χ4n) is 5.27. The van der Waals surface area contributed by atoms with Crippen LogP contribution in [-0.2, 0) is 4.79 Å². The third-order valence-corrected chi connectivity index (χ3v) is 7.48. The number of nitrogens with zero attached hydrogens (tertiary/aromatic N) is 6. The number of fused-ring (bicyclic) bond motifs is 1. The third-order valence-electron chi connectivity index (χ3n) is 7.48. The molecule has 4 heterocycles. The maximum absolute atomic E-state index is 12.3. The summed E-state index contributed by atoms with van der Waals surface area (Å²) < 4.78 is 2.04. The topological polar surface area (TPSA) is 110 Å². The van der Waals surface area contributed by atoms with E-state index in [1.54, 1.807) is 12.4 Å². The molecule has 0 spiro atoms. The van der Waals surface area contributed by atoms with Gasteiger partial charge in [0.05, 0.1) is 41.4 Å². The van der Waals surface area contributed by atoms with Crippen molar-refractivity contribution >= 4 is 28.8 Å². The maximum Gasteiger partial charge on any atom is 0.223 e. The van der Waals surface area contributed by atoms with E-state index < -0.39 is 0 Å². The van der Waals surface area contributed by atoms with Crippen LogP contribution in [-0.4, -0.2) is 41.1 Å². The Kier molecular flexibility index (Phi) is 6.51. The molecular formula is C28H32N8O. The molecule has 0 saturated heterocycles. The molecule has 6 rings (SSSR count). The Bertz CT molecular complexity index is 1390. The molecule has 0 atom stereocenters. The van der Waals surface area contributed by atoms with Crippen molar-refractivity contribution in [2.45, 2.75) is 64.3 Å². The average molecular weight is 497 g/mol. The molecule has 37 heavy (non-hydrogen) atoms. The summed E-state index contributed by atoms with van der Waals surface area (Å²) in [5.41, 5.74) is 5.30. The van der Waals surface area contributed by atoms with Crippen LogP contribution in [0, 0.1) is 18.8 Å². The minimum Gasteiger partial charge on any atom is -0.352 e. The molecule has 0 amide bonds. The van der Waals surface area contributed by atoms with Crippen molar-refractivity contribution in [2.24, 2.45) is 11.8 Å². The summed E-state index contributed by atoms with van der Waals surface area (Å²) in [7, 11) is 0. The Hall–Kier alpha value is -3.88. The van der Waals surface area contributed by atoms with Crippen LogP contribution in [0.2, 0.25) is 0 Å². The minimum atomic E-state index is 0.330. The van der Waals surface area contributed by atoms with Crippen molar-refractivity contribution in [3.63, 3.8) is 0 Å². The summed E-state index contributed by atoms with van der Waals surface area (Å²) in [5.74, 6) is 2.32. The molecule has 9 nitrogen and oxygen atoms in total. The highest BCUT2D eigenvalue weighted by molar-refractivity contribution is 5.79. The third kappa shape index (κ3) is 5.60. The zero-order valence-electron chi connectivity index (χ0n) is 21.1. The van der Waals surface area contributed by atoms with Crippen molar-refractivity contribution in [3.05, 3.63) is 55.0 Å². The zero-order valence-corrected chi connectivity index (χ0v) is 21.1. The molecule has 9 heteroatoms. The van der Waals surface area contributed by atoms with E-state index in [-0.39, 0.29) is 0 Å². The lowest BCUT2D eigenvalue weighted by molar-refractivity contribution is -0.120. The first kappa shape index (κ1) is 23.5. The Labute approximate surface area is 216 Å².